The Morgan fingerprint density at radius 2 is 2.03 bits per heavy atom. The number of ether oxygens (including phenoxy) is 1. The summed E-state index contributed by atoms with van der Waals surface area (Å²) < 4.78 is 7.93. The number of guanidine groups is 1. The molecule has 1 aromatic heterocycles. The molecule has 9 nitrogen and oxygen atoms in total. The Morgan fingerprint density at radius 1 is 1.25 bits per heavy atom. The Hall–Kier alpha value is -3.36. The number of aromatic nitrogens is 2. The minimum Gasteiger partial charge on any atom is -0.504 e. The molecule has 0 bridgehead atoms. The van der Waals surface area contributed by atoms with Crippen molar-refractivity contribution in [2.75, 3.05) is 7.05 Å². The molecule has 1 heterocycles. The molecule has 0 amide bonds. The number of nitrogens with one attached hydrogen (secondary N) is 1. The summed E-state index contributed by atoms with van der Waals surface area (Å²) in [5.41, 5.74) is 6.77. The number of aliphatic imine (C=N–C) groups is 1. The molecule has 0 saturated heterocycles. The zero-order valence-corrected chi connectivity index (χ0v) is 21.2. The molecule has 0 radical (unpaired) electrons. The van der Waals surface area contributed by atoms with E-state index >= 15 is 0 Å². The van der Waals surface area contributed by atoms with Crippen LogP contribution in [0.2, 0.25) is 0 Å². The first kappa shape index (κ1) is 27.2. The van der Waals surface area contributed by atoms with Gasteiger partial charge in [-0.3, -0.25) is 14.6 Å². The zero-order valence-electron chi connectivity index (χ0n) is 21.2. The summed E-state index contributed by atoms with van der Waals surface area (Å²) in [5.74, 6) is 0.868. The van der Waals surface area contributed by atoms with Crippen LogP contribution in [0.1, 0.15) is 69.8 Å². The second-order valence-corrected chi connectivity index (χ2v) is 9.51. The number of aryl methyl sites for hydroxylation is 2. The van der Waals surface area contributed by atoms with Gasteiger partial charge in [-0.15, -0.1) is 0 Å². The lowest BCUT2D eigenvalue weighted by Gasteiger charge is -2.19. The number of aromatic hydroxyl groups is 1. The van der Waals surface area contributed by atoms with Crippen molar-refractivity contribution in [2.24, 2.45) is 10.7 Å². The van der Waals surface area contributed by atoms with Gasteiger partial charge in [0.1, 0.15) is 11.6 Å². The van der Waals surface area contributed by atoms with Crippen LogP contribution in [0.3, 0.4) is 0 Å². The number of Topliss-reactive ketones (excluding diaryl/α,β-unsaturated/α-hetero) is 2. The smallest absolute Gasteiger partial charge is 0.188 e. The number of hydrogen-bond acceptors (Lipinski definition) is 6. The summed E-state index contributed by atoms with van der Waals surface area (Å²) in [5, 5.41) is 13.3. The monoisotopic (exact) mass is 497 g/mol. The lowest BCUT2D eigenvalue weighted by molar-refractivity contribution is -0.127. The highest BCUT2D eigenvalue weighted by Gasteiger charge is 2.19. The maximum atomic E-state index is 12.4. The third kappa shape index (κ3) is 9.36. The third-order valence-electron chi connectivity index (χ3n) is 6.60. The van der Waals surface area contributed by atoms with Crippen LogP contribution >= 0.6 is 0 Å². The molecular formula is C27H39N5O4. The summed E-state index contributed by atoms with van der Waals surface area (Å²) in [4.78, 5) is 32.8. The fourth-order valence-corrected chi connectivity index (χ4v) is 4.51. The molecule has 2 aromatic rings. The van der Waals surface area contributed by atoms with Crippen molar-refractivity contribution >= 4 is 17.5 Å². The Morgan fingerprint density at radius 3 is 2.75 bits per heavy atom. The van der Waals surface area contributed by atoms with E-state index in [9.17, 15) is 14.7 Å². The topological polar surface area (TPSA) is 132 Å². The van der Waals surface area contributed by atoms with Crippen molar-refractivity contribution < 1.29 is 19.4 Å². The summed E-state index contributed by atoms with van der Waals surface area (Å²) in [6.45, 7) is 0.783. The molecule has 0 unspecified atom stereocenters. The van der Waals surface area contributed by atoms with Gasteiger partial charge in [-0.2, -0.15) is 0 Å². The number of carbonyl (C=O) groups is 2. The number of rotatable bonds is 15. The Bertz CT molecular complexity index is 1000. The minimum absolute atomic E-state index is 0.0403. The molecular weight excluding hydrogens is 458 g/mol. The predicted molar refractivity (Wildman–Crippen MR) is 139 cm³/mol. The highest BCUT2D eigenvalue weighted by atomic mass is 16.5. The van der Waals surface area contributed by atoms with Crippen LogP contribution in [0.4, 0.5) is 0 Å². The Balaban J connectivity index is 1.38. The SMILES string of the molecule is CN=C(N)N[C@H](CCCC(=O)CC(=O)CCc1ccc(O)c(OC2CCCC2)c1)CCn1ccnc1. The quantitative estimate of drug-likeness (QED) is 0.195. The molecule has 4 N–H and O–H groups in total. The third-order valence-corrected chi connectivity index (χ3v) is 6.60. The van der Waals surface area contributed by atoms with Crippen LogP contribution in [0.25, 0.3) is 0 Å². The Kier molecular flexibility index (Phi) is 10.8. The average molecular weight is 498 g/mol. The minimum atomic E-state index is -0.0662. The van der Waals surface area contributed by atoms with Gasteiger partial charge in [-0.1, -0.05) is 6.07 Å². The first-order chi connectivity index (χ1) is 17.4. The van der Waals surface area contributed by atoms with Gasteiger partial charge in [0.2, 0.25) is 0 Å². The molecule has 9 heteroatoms. The number of phenolic OH excluding ortho intramolecular Hbond substituents is 1. The van der Waals surface area contributed by atoms with E-state index in [-0.39, 0.29) is 42.3 Å². The number of nitrogens with zero attached hydrogens (tertiary/aromatic N) is 3. The van der Waals surface area contributed by atoms with Crippen LogP contribution in [-0.2, 0) is 22.6 Å². The number of nitrogens with two attached hydrogens (primary N) is 1. The van der Waals surface area contributed by atoms with Crippen molar-refractivity contribution in [3.63, 3.8) is 0 Å². The van der Waals surface area contributed by atoms with Crippen molar-refractivity contribution in [2.45, 2.75) is 89.3 Å². The van der Waals surface area contributed by atoms with Gasteiger partial charge in [-0.05, 0) is 69.1 Å². The molecule has 1 saturated carbocycles. The summed E-state index contributed by atoms with van der Waals surface area (Å²) in [7, 11) is 1.63. The van der Waals surface area contributed by atoms with E-state index in [0.717, 1.165) is 50.6 Å². The predicted octanol–water partition coefficient (Wildman–Crippen LogP) is 3.53. The van der Waals surface area contributed by atoms with Gasteiger partial charge >= 0.3 is 0 Å². The van der Waals surface area contributed by atoms with Crippen LogP contribution in [-0.4, -0.2) is 51.4 Å². The molecule has 36 heavy (non-hydrogen) atoms. The largest absolute Gasteiger partial charge is 0.504 e. The van der Waals surface area contributed by atoms with Gasteiger partial charge in [0, 0.05) is 44.9 Å². The summed E-state index contributed by atoms with van der Waals surface area (Å²) >= 11 is 0. The second kappa shape index (κ2) is 14.3. The van der Waals surface area contributed by atoms with Crippen LogP contribution in [0.5, 0.6) is 11.5 Å². The maximum Gasteiger partial charge on any atom is 0.188 e. The van der Waals surface area contributed by atoms with Gasteiger partial charge < -0.3 is 25.5 Å². The van der Waals surface area contributed by atoms with E-state index in [1.54, 1.807) is 31.7 Å². The van der Waals surface area contributed by atoms with Gasteiger partial charge in [-0.25, -0.2) is 4.98 Å². The van der Waals surface area contributed by atoms with Gasteiger partial charge in [0.05, 0.1) is 18.9 Å². The van der Waals surface area contributed by atoms with E-state index in [0.29, 0.717) is 31.0 Å². The fourth-order valence-electron chi connectivity index (χ4n) is 4.51. The van der Waals surface area contributed by atoms with E-state index in [2.05, 4.69) is 15.3 Å². The molecule has 1 aliphatic carbocycles. The van der Waals surface area contributed by atoms with E-state index in [4.69, 9.17) is 10.5 Å². The van der Waals surface area contributed by atoms with Crippen molar-refractivity contribution in [3.05, 3.63) is 42.5 Å². The lowest BCUT2D eigenvalue weighted by atomic mass is 10.0. The van der Waals surface area contributed by atoms with Crippen LogP contribution in [0.15, 0.2) is 41.9 Å². The summed E-state index contributed by atoms with van der Waals surface area (Å²) in [6, 6.07) is 5.30. The van der Waals surface area contributed by atoms with Crippen molar-refractivity contribution in [1.82, 2.24) is 14.9 Å². The molecule has 3 rings (SSSR count). The molecule has 0 spiro atoms. The lowest BCUT2D eigenvalue weighted by Crippen LogP contribution is -2.40. The molecule has 1 atom stereocenters. The van der Waals surface area contributed by atoms with E-state index < -0.39 is 0 Å². The number of ketones is 2. The summed E-state index contributed by atoms with van der Waals surface area (Å²) in [6.07, 6.45) is 13.2. The van der Waals surface area contributed by atoms with E-state index in [1.165, 1.54) is 0 Å². The second-order valence-electron chi connectivity index (χ2n) is 9.51. The van der Waals surface area contributed by atoms with Gasteiger partial charge in [0.25, 0.3) is 0 Å². The number of carbonyl (C=O) groups excluding carboxylic acids is 2. The normalized spacial score (nSPS) is 15.1. The van der Waals surface area contributed by atoms with Crippen molar-refractivity contribution in [1.29, 1.82) is 0 Å². The molecule has 1 fully saturated rings. The highest BCUT2D eigenvalue weighted by molar-refractivity contribution is 5.99. The van der Waals surface area contributed by atoms with Crippen molar-refractivity contribution in [3.8, 4) is 11.5 Å². The average Bonchev–Trinajstić information content (AvgIpc) is 3.57. The maximum absolute atomic E-state index is 12.4. The zero-order chi connectivity index (χ0) is 25.8. The van der Waals surface area contributed by atoms with E-state index in [1.807, 2.05) is 16.8 Å². The molecule has 1 aliphatic rings. The highest BCUT2D eigenvalue weighted by Crippen LogP contribution is 2.32. The molecule has 1 aromatic carbocycles. The Labute approximate surface area is 213 Å². The number of phenols is 1. The fraction of sp³-hybridized carbons (Fsp3) is 0.556. The first-order valence-corrected chi connectivity index (χ1v) is 12.9. The van der Waals surface area contributed by atoms with Crippen LogP contribution in [0, 0.1) is 0 Å². The molecule has 196 valence electrons. The number of imidazole rings is 1. The molecule has 0 aliphatic heterocycles. The first-order valence-electron chi connectivity index (χ1n) is 12.9. The van der Waals surface area contributed by atoms with Gasteiger partial charge in [0.15, 0.2) is 17.5 Å². The number of benzene rings is 1. The number of hydrogen-bond donors (Lipinski definition) is 3. The standard InChI is InChI=1S/C27H39N5O4/c1-29-27(28)31-21(13-15-32-16-14-30-19-32)5-4-6-22(33)18-23(34)11-9-20-10-12-25(35)26(17-20)36-24-7-2-3-8-24/h10,12,14,16-17,19,21,24,35H,2-9,11,13,15,18H2,1H3,(H3,28,29,31)/t21-/m1/s1. The van der Waals surface area contributed by atoms with Crippen LogP contribution < -0.4 is 15.8 Å².